The Hall–Kier alpha value is -0.550. The molecule has 0 aliphatic heterocycles. The minimum absolute atomic E-state index is 0.593. The van der Waals surface area contributed by atoms with Crippen LogP contribution in [-0.2, 0) is 7.05 Å². The zero-order valence-electron chi connectivity index (χ0n) is 13.4. The number of aryl methyl sites for hydroxylation is 1. The average Bonchev–Trinajstić information content (AvgIpc) is 2.71. The lowest BCUT2D eigenvalue weighted by Crippen LogP contribution is -2.46. The van der Waals surface area contributed by atoms with Gasteiger partial charge in [0.2, 0.25) is 0 Å². The first-order chi connectivity index (χ1) is 9.52. The average molecular weight is 296 g/mol. The Morgan fingerprint density at radius 2 is 2.05 bits per heavy atom. The highest BCUT2D eigenvalue weighted by atomic mass is 32.2. The van der Waals surface area contributed by atoms with Crippen molar-refractivity contribution in [3.05, 3.63) is 5.82 Å². The summed E-state index contributed by atoms with van der Waals surface area (Å²) < 4.78 is 2.10. The van der Waals surface area contributed by atoms with E-state index in [1.165, 1.54) is 19.3 Å². The first-order valence-corrected chi connectivity index (χ1v) is 8.66. The van der Waals surface area contributed by atoms with Gasteiger partial charge in [0.1, 0.15) is 5.82 Å². The Morgan fingerprint density at radius 3 is 2.65 bits per heavy atom. The molecule has 1 heterocycles. The molecule has 2 rings (SSSR count). The molecule has 0 amide bonds. The van der Waals surface area contributed by atoms with E-state index < -0.39 is 0 Å². The van der Waals surface area contributed by atoms with Gasteiger partial charge >= 0.3 is 0 Å². The van der Waals surface area contributed by atoms with Gasteiger partial charge in [-0.1, -0.05) is 32.5 Å². The van der Waals surface area contributed by atoms with Gasteiger partial charge in [0, 0.05) is 18.3 Å². The molecule has 0 spiro atoms. The molecule has 1 aliphatic rings. The van der Waals surface area contributed by atoms with E-state index in [9.17, 15) is 0 Å². The molecular weight excluding hydrogens is 268 g/mol. The maximum Gasteiger partial charge on any atom is 0.191 e. The fraction of sp³-hybridized carbons (Fsp3) is 0.867. The number of hydrogen-bond acceptors (Lipinski definition) is 4. The summed E-state index contributed by atoms with van der Waals surface area (Å²) in [6.45, 7) is 10.1. The SMILES string of the molecule is CCCNC1CC(C)CC(C)C1Sc1nnc(C)n1C. The summed E-state index contributed by atoms with van der Waals surface area (Å²) in [5, 5.41) is 13.9. The molecule has 1 N–H and O–H groups in total. The fourth-order valence-corrected chi connectivity index (χ4v) is 4.51. The Morgan fingerprint density at radius 1 is 1.30 bits per heavy atom. The Balaban J connectivity index is 2.10. The van der Waals surface area contributed by atoms with Crippen molar-refractivity contribution in [2.24, 2.45) is 18.9 Å². The van der Waals surface area contributed by atoms with Crippen molar-refractivity contribution >= 4 is 11.8 Å². The molecule has 0 bridgehead atoms. The van der Waals surface area contributed by atoms with Gasteiger partial charge in [-0.3, -0.25) is 0 Å². The zero-order valence-corrected chi connectivity index (χ0v) is 14.2. The molecule has 5 heteroatoms. The van der Waals surface area contributed by atoms with Crippen LogP contribution in [0.3, 0.4) is 0 Å². The smallest absolute Gasteiger partial charge is 0.191 e. The van der Waals surface area contributed by atoms with Gasteiger partial charge in [0.15, 0.2) is 5.16 Å². The number of nitrogens with zero attached hydrogens (tertiary/aromatic N) is 3. The maximum absolute atomic E-state index is 4.33. The highest BCUT2D eigenvalue weighted by Crippen LogP contribution is 2.39. The van der Waals surface area contributed by atoms with Gasteiger partial charge in [-0.05, 0) is 44.6 Å². The Bertz CT molecular complexity index is 432. The van der Waals surface area contributed by atoms with E-state index in [0.717, 1.165) is 29.4 Å². The minimum atomic E-state index is 0.593. The summed E-state index contributed by atoms with van der Waals surface area (Å²) in [7, 11) is 2.06. The predicted octanol–water partition coefficient (Wildman–Crippen LogP) is 3.02. The lowest BCUT2D eigenvalue weighted by molar-refractivity contribution is 0.249. The van der Waals surface area contributed by atoms with Crippen molar-refractivity contribution in [2.45, 2.75) is 63.4 Å². The zero-order chi connectivity index (χ0) is 14.7. The van der Waals surface area contributed by atoms with Gasteiger partial charge in [-0.2, -0.15) is 0 Å². The molecule has 0 saturated heterocycles. The van der Waals surface area contributed by atoms with Crippen molar-refractivity contribution in [1.29, 1.82) is 0 Å². The van der Waals surface area contributed by atoms with Crippen molar-refractivity contribution in [1.82, 2.24) is 20.1 Å². The fourth-order valence-electron chi connectivity index (χ4n) is 3.17. The molecule has 20 heavy (non-hydrogen) atoms. The lowest BCUT2D eigenvalue weighted by Gasteiger charge is -2.39. The van der Waals surface area contributed by atoms with E-state index in [1.807, 2.05) is 18.7 Å². The molecule has 114 valence electrons. The van der Waals surface area contributed by atoms with Crippen molar-refractivity contribution in [2.75, 3.05) is 6.54 Å². The highest BCUT2D eigenvalue weighted by molar-refractivity contribution is 7.99. The van der Waals surface area contributed by atoms with Crippen LogP contribution in [0, 0.1) is 18.8 Å². The van der Waals surface area contributed by atoms with E-state index in [0.29, 0.717) is 11.3 Å². The molecule has 4 unspecified atom stereocenters. The molecule has 0 aromatic carbocycles. The largest absolute Gasteiger partial charge is 0.313 e. The molecule has 1 aliphatic carbocycles. The predicted molar refractivity (Wildman–Crippen MR) is 85.0 cm³/mol. The van der Waals surface area contributed by atoms with E-state index in [-0.39, 0.29) is 0 Å². The third kappa shape index (κ3) is 3.55. The van der Waals surface area contributed by atoms with Crippen LogP contribution in [0.1, 0.15) is 45.9 Å². The molecule has 1 aromatic heterocycles. The summed E-state index contributed by atoms with van der Waals surface area (Å²) >= 11 is 1.91. The monoisotopic (exact) mass is 296 g/mol. The lowest BCUT2D eigenvalue weighted by atomic mass is 9.80. The van der Waals surface area contributed by atoms with Crippen LogP contribution in [-0.4, -0.2) is 32.6 Å². The third-order valence-corrected chi connectivity index (χ3v) is 5.97. The summed E-state index contributed by atoms with van der Waals surface area (Å²) in [5.74, 6) is 2.52. The second-order valence-corrected chi connectivity index (χ2v) is 7.43. The first kappa shape index (κ1) is 15.8. The first-order valence-electron chi connectivity index (χ1n) is 7.79. The van der Waals surface area contributed by atoms with Gasteiger partial charge < -0.3 is 9.88 Å². The van der Waals surface area contributed by atoms with Crippen LogP contribution >= 0.6 is 11.8 Å². The van der Waals surface area contributed by atoms with Crippen molar-refractivity contribution < 1.29 is 0 Å². The van der Waals surface area contributed by atoms with Crippen LogP contribution in [0.4, 0.5) is 0 Å². The second-order valence-electron chi connectivity index (χ2n) is 6.29. The normalized spacial score (nSPS) is 30.6. The van der Waals surface area contributed by atoms with E-state index in [2.05, 4.69) is 47.9 Å². The highest BCUT2D eigenvalue weighted by Gasteiger charge is 2.35. The van der Waals surface area contributed by atoms with Gasteiger partial charge in [-0.25, -0.2) is 0 Å². The Kier molecular flexibility index (Phi) is 5.49. The number of aromatic nitrogens is 3. The Labute approximate surface area is 127 Å². The summed E-state index contributed by atoms with van der Waals surface area (Å²) in [6.07, 6.45) is 3.79. The summed E-state index contributed by atoms with van der Waals surface area (Å²) in [4.78, 5) is 0. The molecule has 4 atom stereocenters. The van der Waals surface area contributed by atoms with E-state index in [1.54, 1.807) is 0 Å². The maximum atomic E-state index is 4.33. The van der Waals surface area contributed by atoms with Gasteiger partial charge in [-0.15, -0.1) is 10.2 Å². The summed E-state index contributed by atoms with van der Waals surface area (Å²) in [5.41, 5.74) is 0. The minimum Gasteiger partial charge on any atom is -0.313 e. The van der Waals surface area contributed by atoms with Crippen LogP contribution in [0.5, 0.6) is 0 Å². The molecule has 1 fully saturated rings. The molecular formula is C15H28N4S. The number of nitrogens with one attached hydrogen (secondary N) is 1. The summed E-state index contributed by atoms with van der Waals surface area (Å²) in [6, 6.07) is 0.593. The van der Waals surface area contributed by atoms with Crippen LogP contribution in [0.2, 0.25) is 0 Å². The standard InChI is InChI=1S/C15H28N4S/c1-6-7-16-13-9-10(2)8-11(3)14(13)20-15-18-17-12(4)19(15)5/h10-11,13-14,16H,6-9H2,1-5H3. The van der Waals surface area contributed by atoms with E-state index >= 15 is 0 Å². The molecule has 4 nitrogen and oxygen atoms in total. The number of thioether (sulfide) groups is 1. The van der Waals surface area contributed by atoms with Gasteiger partial charge in [0.25, 0.3) is 0 Å². The molecule has 1 aromatic rings. The quantitative estimate of drug-likeness (QED) is 0.907. The van der Waals surface area contributed by atoms with Crippen LogP contribution < -0.4 is 5.32 Å². The number of hydrogen-bond donors (Lipinski definition) is 1. The third-order valence-electron chi connectivity index (χ3n) is 4.34. The van der Waals surface area contributed by atoms with Crippen LogP contribution in [0.15, 0.2) is 5.16 Å². The second kappa shape index (κ2) is 6.94. The van der Waals surface area contributed by atoms with Gasteiger partial charge in [0.05, 0.1) is 0 Å². The number of rotatable bonds is 5. The van der Waals surface area contributed by atoms with Crippen molar-refractivity contribution in [3.63, 3.8) is 0 Å². The molecule has 1 saturated carbocycles. The van der Waals surface area contributed by atoms with Crippen molar-refractivity contribution in [3.8, 4) is 0 Å². The topological polar surface area (TPSA) is 42.7 Å². The molecule has 0 radical (unpaired) electrons. The van der Waals surface area contributed by atoms with E-state index in [4.69, 9.17) is 0 Å². The van der Waals surface area contributed by atoms with Crippen LogP contribution in [0.25, 0.3) is 0 Å².